The van der Waals surface area contributed by atoms with Gasteiger partial charge in [-0.3, -0.25) is 19.2 Å². The molecular weight excluding hydrogens is 374 g/mol. The molecule has 8 heteroatoms. The third-order valence-corrected chi connectivity index (χ3v) is 3.74. The second-order valence-electron chi connectivity index (χ2n) is 6.38. The third-order valence-electron chi connectivity index (χ3n) is 3.74. The van der Waals surface area contributed by atoms with E-state index in [9.17, 15) is 19.2 Å². The number of amides is 3. The second kappa shape index (κ2) is 10.6. The number of nitrogens with one attached hydrogen (secondary N) is 3. The third kappa shape index (κ3) is 8.25. The van der Waals surface area contributed by atoms with Crippen molar-refractivity contribution in [3.63, 3.8) is 0 Å². The average Bonchev–Trinajstić information content (AvgIpc) is 2.68. The Hall–Kier alpha value is -3.68. The van der Waals surface area contributed by atoms with E-state index in [1.54, 1.807) is 36.4 Å². The Morgan fingerprint density at radius 3 is 1.76 bits per heavy atom. The Labute approximate surface area is 168 Å². The Kier molecular flexibility index (Phi) is 7.90. The van der Waals surface area contributed by atoms with Gasteiger partial charge in [-0.05, 0) is 43.3 Å². The standard InChI is InChI=1S/C21H23N3O5/c1-14-3-5-17(6-4-14)23-19(26)11-12-21(28)29-13-20(27)24-18-9-7-16(8-10-18)22-15(2)25/h3-10H,11-13H2,1-2H3,(H,22,25)(H,23,26)(H,24,27). The van der Waals surface area contributed by atoms with Gasteiger partial charge >= 0.3 is 5.97 Å². The molecule has 8 nitrogen and oxygen atoms in total. The highest BCUT2D eigenvalue weighted by molar-refractivity contribution is 5.95. The molecule has 0 radical (unpaired) electrons. The van der Waals surface area contributed by atoms with Gasteiger partial charge in [-0.2, -0.15) is 0 Å². The number of aryl methyl sites for hydroxylation is 1. The number of carbonyl (C=O) groups is 4. The summed E-state index contributed by atoms with van der Waals surface area (Å²) in [5.41, 5.74) is 2.83. The maximum Gasteiger partial charge on any atom is 0.306 e. The van der Waals surface area contributed by atoms with Gasteiger partial charge in [-0.25, -0.2) is 0 Å². The summed E-state index contributed by atoms with van der Waals surface area (Å²) in [5, 5.41) is 7.87. The van der Waals surface area contributed by atoms with Gasteiger partial charge in [-0.15, -0.1) is 0 Å². The predicted octanol–water partition coefficient (Wildman–Crippen LogP) is 2.85. The molecular formula is C21H23N3O5. The lowest BCUT2D eigenvalue weighted by molar-refractivity contribution is -0.147. The highest BCUT2D eigenvalue weighted by Crippen LogP contribution is 2.13. The van der Waals surface area contributed by atoms with Crippen LogP contribution in [0.2, 0.25) is 0 Å². The monoisotopic (exact) mass is 397 g/mol. The lowest BCUT2D eigenvalue weighted by Gasteiger charge is -2.08. The van der Waals surface area contributed by atoms with Gasteiger partial charge in [0.2, 0.25) is 11.8 Å². The van der Waals surface area contributed by atoms with Crippen LogP contribution < -0.4 is 16.0 Å². The van der Waals surface area contributed by atoms with Crippen LogP contribution >= 0.6 is 0 Å². The summed E-state index contributed by atoms with van der Waals surface area (Å²) >= 11 is 0. The fourth-order valence-corrected chi connectivity index (χ4v) is 2.33. The Morgan fingerprint density at radius 2 is 1.21 bits per heavy atom. The molecule has 0 fully saturated rings. The van der Waals surface area contributed by atoms with Crippen LogP contribution in [-0.4, -0.2) is 30.3 Å². The van der Waals surface area contributed by atoms with Gasteiger partial charge in [0, 0.05) is 30.4 Å². The van der Waals surface area contributed by atoms with E-state index in [4.69, 9.17) is 4.74 Å². The van der Waals surface area contributed by atoms with E-state index < -0.39 is 18.5 Å². The summed E-state index contributed by atoms with van der Waals surface area (Å²) in [6, 6.07) is 13.8. The highest BCUT2D eigenvalue weighted by Gasteiger charge is 2.11. The van der Waals surface area contributed by atoms with Crippen LogP contribution in [0.4, 0.5) is 17.1 Å². The van der Waals surface area contributed by atoms with Gasteiger partial charge in [0.15, 0.2) is 6.61 Å². The normalized spacial score (nSPS) is 10.0. The maximum absolute atomic E-state index is 11.9. The van der Waals surface area contributed by atoms with E-state index in [0.29, 0.717) is 17.1 Å². The summed E-state index contributed by atoms with van der Waals surface area (Å²) in [6.07, 6.45) is -0.171. The molecule has 3 N–H and O–H groups in total. The minimum atomic E-state index is -0.639. The molecule has 0 saturated heterocycles. The Balaban J connectivity index is 1.67. The molecule has 0 unspecified atom stereocenters. The maximum atomic E-state index is 11.9. The number of esters is 1. The number of benzene rings is 2. The van der Waals surface area contributed by atoms with Crippen molar-refractivity contribution in [1.82, 2.24) is 0 Å². The minimum Gasteiger partial charge on any atom is -0.456 e. The van der Waals surface area contributed by atoms with Crippen LogP contribution in [0, 0.1) is 6.92 Å². The Bertz CT molecular complexity index is 876. The molecule has 0 bridgehead atoms. The number of anilines is 3. The predicted molar refractivity (Wildman–Crippen MR) is 109 cm³/mol. The first-order chi connectivity index (χ1) is 13.8. The molecule has 2 rings (SSSR count). The van der Waals surface area contributed by atoms with Crippen LogP contribution in [0.1, 0.15) is 25.3 Å². The number of ether oxygens (including phenoxy) is 1. The van der Waals surface area contributed by atoms with Crippen molar-refractivity contribution in [2.45, 2.75) is 26.7 Å². The van der Waals surface area contributed by atoms with Crippen LogP contribution in [-0.2, 0) is 23.9 Å². The smallest absolute Gasteiger partial charge is 0.306 e. The van der Waals surface area contributed by atoms with E-state index in [-0.39, 0.29) is 24.7 Å². The van der Waals surface area contributed by atoms with Crippen LogP contribution in [0.25, 0.3) is 0 Å². The van der Waals surface area contributed by atoms with Crippen molar-refractivity contribution in [3.05, 3.63) is 54.1 Å². The molecule has 0 atom stereocenters. The molecule has 0 heterocycles. The van der Waals surface area contributed by atoms with Gasteiger partial charge in [0.25, 0.3) is 5.91 Å². The Morgan fingerprint density at radius 1 is 0.724 bits per heavy atom. The summed E-state index contributed by atoms with van der Waals surface area (Å²) in [6.45, 7) is 2.89. The van der Waals surface area contributed by atoms with Crippen LogP contribution in [0.3, 0.4) is 0 Å². The van der Waals surface area contributed by atoms with Gasteiger partial charge in [0.1, 0.15) is 0 Å². The van der Waals surface area contributed by atoms with E-state index in [1.165, 1.54) is 6.92 Å². The fraction of sp³-hybridized carbons (Fsp3) is 0.238. The summed E-state index contributed by atoms with van der Waals surface area (Å²) in [4.78, 5) is 46.4. The molecule has 0 saturated carbocycles. The number of hydrogen-bond donors (Lipinski definition) is 3. The average molecular weight is 397 g/mol. The van der Waals surface area contributed by atoms with Crippen molar-refractivity contribution < 1.29 is 23.9 Å². The quantitative estimate of drug-likeness (QED) is 0.593. The van der Waals surface area contributed by atoms with Gasteiger partial charge in [-0.1, -0.05) is 17.7 Å². The largest absolute Gasteiger partial charge is 0.456 e. The van der Waals surface area contributed by atoms with Crippen molar-refractivity contribution in [2.24, 2.45) is 0 Å². The summed E-state index contributed by atoms with van der Waals surface area (Å²) in [7, 11) is 0. The topological polar surface area (TPSA) is 114 Å². The lowest BCUT2D eigenvalue weighted by Crippen LogP contribution is -2.21. The summed E-state index contributed by atoms with van der Waals surface area (Å²) < 4.78 is 4.88. The molecule has 0 aromatic heterocycles. The first kappa shape index (κ1) is 21.6. The first-order valence-electron chi connectivity index (χ1n) is 9.01. The van der Waals surface area contributed by atoms with E-state index in [2.05, 4.69) is 16.0 Å². The summed E-state index contributed by atoms with van der Waals surface area (Å²) in [5.74, 6) is -1.65. The van der Waals surface area contributed by atoms with Crippen molar-refractivity contribution in [1.29, 1.82) is 0 Å². The van der Waals surface area contributed by atoms with E-state index in [0.717, 1.165) is 5.56 Å². The minimum absolute atomic E-state index is 0.0427. The lowest BCUT2D eigenvalue weighted by atomic mass is 10.2. The highest BCUT2D eigenvalue weighted by atomic mass is 16.5. The molecule has 29 heavy (non-hydrogen) atoms. The van der Waals surface area contributed by atoms with Gasteiger partial charge in [0.05, 0.1) is 6.42 Å². The van der Waals surface area contributed by atoms with Crippen LogP contribution in [0.5, 0.6) is 0 Å². The second-order valence-corrected chi connectivity index (χ2v) is 6.38. The molecule has 152 valence electrons. The molecule has 2 aromatic carbocycles. The number of hydrogen-bond acceptors (Lipinski definition) is 5. The van der Waals surface area contributed by atoms with Crippen molar-refractivity contribution in [2.75, 3.05) is 22.6 Å². The molecule has 0 aliphatic heterocycles. The molecule has 0 spiro atoms. The first-order valence-corrected chi connectivity index (χ1v) is 9.01. The zero-order valence-corrected chi connectivity index (χ0v) is 16.3. The van der Waals surface area contributed by atoms with E-state index in [1.807, 2.05) is 19.1 Å². The molecule has 0 aliphatic rings. The van der Waals surface area contributed by atoms with Crippen molar-refractivity contribution >= 4 is 40.8 Å². The molecule has 2 aromatic rings. The molecule has 3 amide bonds. The SMILES string of the molecule is CC(=O)Nc1ccc(NC(=O)COC(=O)CCC(=O)Nc2ccc(C)cc2)cc1. The van der Waals surface area contributed by atoms with Crippen molar-refractivity contribution in [3.8, 4) is 0 Å². The molecule has 0 aliphatic carbocycles. The zero-order valence-electron chi connectivity index (χ0n) is 16.3. The fourth-order valence-electron chi connectivity index (χ4n) is 2.33. The number of carbonyl (C=O) groups excluding carboxylic acids is 4. The zero-order chi connectivity index (χ0) is 21.2. The van der Waals surface area contributed by atoms with Crippen LogP contribution in [0.15, 0.2) is 48.5 Å². The van der Waals surface area contributed by atoms with Gasteiger partial charge < -0.3 is 20.7 Å². The number of rotatable bonds is 8. The van der Waals surface area contributed by atoms with E-state index >= 15 is 0 Å².